The van der Waals surface area contributed by atoms with Crippen LogP contribution in [0.5, 0.6) is 0 Å². The summed E-state index contributed by atoms with van der Waals surface area (Å²) in [6.07, 6.45) is 0. The van der Waals surface area contributed by atoms with E-state index in [9.17, 15) is 0 Å². The van der Waals surface area contributed by atoms with Crippen LogP contribution in [0.1, 0.15) is 0 Å². The molecular weight excluding hydrogens is 420 g/mol. The fourth-order valence-corrected chi connectivity index (χ4v) is 26.2. The first-order valence-corrected chi connectivity index (χ1v) is 30.4. The number of hydrogen-bond donors (Lipinski definition) is 0. The summed E-state index contributed by atoms with van der Waals surface area (Å²) in [6, 6.07) is 9.27. The van der Waals surface area contributed by atoms with E-state index in [0.717, 1.165) is 0 Å². The molecule has 2 unspecified atom stereocenters. The van der Waals surface area contributed by atoms with Gasteiger partial charge in [-0.1, -0.05) is 0 Å². The molecule has 0 aromatic heterocycles. The molecule has 0 saturated heterocycles. The molecule has 14 heavy (non-hydrogen) atoms. The van der Waals surface area contributed by atoms with Crippen molar-refractivity contribution in [2.45, 2.75) is 22.8 Å². The first-order chi connectivity index (χ1) is 6.23. The quantitative estimate of drug-likeness (QED) is 0.529. The molecule has 1 rings (SSSR count). The van der Waals surface area contributed by atoms with E-state index in [1.54, 1.807) is 8.70 Å². The van der Waals surface area contributed by atoms with Crippen molar-refractivity contribution in [1.29, 1.82) is 0 Å². The molecule has 0 radical (unpaired) electrons. The molecule has 0 nitrogen and oxygen atoms in total. The van der Waals surface area contributed by atoms with Gasteiger partial charge in [0.05, 0.1) is 0 Å². The molecule has 0 aliphatic carbocycles. The van der Waals surface area contributed by atoms with Crippen molar-refractivity contribution in [2.75, 3.05) is 0 Å². The molecule has 0 aliphatic heterocycles. The maximum absolute atomic E-state index is 2.53. The van der Waals surface area contributed by atoms with Gasteiger partial charge in [0.15, 0.2) is 0 Å². The predicted molar refractivity (Wildman–Crippen MR) is 80.6 cm³/mol. The van der Waals surface area contributed by atoms with Gasteiger partial charge in [0.25, 0.3) is 0 Å². The summed E-state index contributed by atoms with van der Waals surface area (Å²) in [6.45, 7) is 0. The van der Waals surface area contributed by atoms with Crippen molar-refractivity contribution in [3.05, 3.63) is 24.3 Å². The van der Waals surface area contributed by atoms with Gasteiger partial charge in [-0.05, 0) is 0 Å². The van der Waals surface area contributed by atoms with Crippen molar-refractivity contribution in [1.82, 2.24) is 0 Å². The summed E-state index contributed by atoms with van der Waals surface area (Å²) in [5, 5.41) is 0. The van der Waals surface area contributed by atoms with Gasteiger partial charge in [0.1, 0.15) is 0 Å². The van der Waals surface area contributed by atoms with Crippen molar-refractivity contribution in [3.63, 3.8) is 0 Å². The molecule has 1 aromatic carbocycles. The first kappa shape index (κ1) is 13.5. The summed E-state index contributed by atoms with van der Waals surface area (Å²) in [7, 11) is 0. The van der Waals surface area contributed by atoms with E-state index in [2.05, 4.69) is 47.1 Å². The van der Waals surface area contributed by atoms with E-state index in [0.29, 0.717) is 0 Å². The summed E-state index contributed by atoms with van der Waals surface area (Å²) >= 11 is 0.894. The van der Waals surface area contributed by atoms with Gasteiger partial charge in [-0.25, -0.2) is 0 Å². The number of benzene rings is 1. The first-order valence-electron chi connectivity index (χ1n) is 4.90. The third-order valence-corrected chi connectivity index (χ3v) is 17.9. The molecule has 0 spiro atoms. The molecule has 4 heteroatoms. The van der Waals surface area contributed by atoms with Crippen LogP contribution in [0.15, 0.2) is 24.3 Å². The Labute approximate surface area is 107 Å². The Morgan fingerprint density at radius 1 is 0.786 bits per heavy atom. The molecule has 0 fully saturated rings. The van der Waals surface area contributed by atoms with E-state index in [1.807, 2.05) is 29.6 Å². The van der Waals surface area contributed by atoms with E-state index < -0.39 is 23.0 Å². The fraction of sp³-hybridized carbons (Fsp3) is 0.400. The zero-order valence-electron chi connectivity index (χ0n) is 9.46. The van der Waals surface area contributed by atoms with Crippen LogP contribution < -0.4 is 8.70 Å². The standard InChI is InChI=1S/C10H22As4/c1-13(2,11)9-7-5-6-8-10(9)14(3,4)12/h5-8,13-14H,11-12H2,1-4H3. The van der Waals surface area contributed by atoms with Gasteiger partial charge in [-0.3, -0.25) is 0 Å². The molecule has 82 valence electrons. The molecular formula is C10H22As4. The van der Waals surface area contributed by atoms with E-state index in [1.165, 1.54) is 0 Å². The predicted octanol–water partition coefficient (Wildman–Crippen LogP) is -0.758. The monoisotopic (exact) mass is 442 g/mol. The van der Waals surface area contributed by atoms with Gasteiger partial charge in [-0.2, -0.15) is 0 Å². The van der Waals surface area contributed by atoms with E-state index >= 15 is 0 Å². The molecule has 2 atom stereocenters. The Morgan fingerprint density at radius 2 is 1.07 bits per heavy atom. The fourth-order valence-electron chi connectivity index (χ4n) is 1.61. The molecule has 0 N–H and O–H groups in total. The molecule has 0 aliphatic rings. The Hall–Kier alpha value is 1.45. The van der Waals surface area contributed by atoms with Crippen LogP contribution >= 0.6 is 0 Å². The average Bonchev–Trinajstić information content (AvgIpc) is 2.01. The molecule has 0 amide bonds. The summed E-state index contributed by atoms with van der Waals surface area (Å²) in [4.78, 5) is 0. The third kappa shape index (κ3) is 3.49. The van der Waals surface area contributed by atoms with Crippen LogP contribution in [0.2, 0.25) is 22.8 Å². The summed E-state index contributed by atoms with van der Waals surface area (Å²) in [5.41, 5.74) is 10.1. The SMILES string of the molecule is C[AsH](C)([AsH2])c1ccccc1[AsH](C)(C)[AsH2]. The van der Waals surface area contributed by atoms with E-state index in [-0.39, 0.29) is 0 Å². The zero-order valence-corrected chi connectivity index (χ0v) is 18.5. The van der Waals surface area contributed by atoms with E-state index in [4.69, 9.17) is 0 Å². The second-order valence-electron chi connectivity index (χ2n) is 4.99. The molecule has 0 bridgehead atoms. The van der Waals surface area contributed by atoms with Gasteiger partial charge in [-0.15, -0.1) is 0 Å². The zero-order chi connectivity index (χ0) is 11.0. The van der Waals surface area contributed by atoms with Crippen LogP contribution in [0.4, 0.5) is 0 Å². The van der Waals surface area contributed by atoms with Crippen molar-refractivity contribution >= 4 is 61.2 Å². The maximum atomic E-state index is 2.53. The second-order valence-corrected chi connectivity index (χ2v) is 53.2. The number of rotatable bonds is 2. The number of hydrogen-bond acceptors (Lipinski definition) is 0. The van der Waals surface area contributed by atoms with Crippen LogP contribution in [-0.4, -0.2) is 52.5 Å². The second kappa shape index (κ2) is 4.76. The normalized spacial score (nSPS) is 15.3. The minimum absolute atomic E-state index is 1.57. The van der Waals surface area contributed by atoms with Crippen molar-refractivity contribution < 1.29 is 0 Å². The van der Waals surface area contributed by atoms with Crippen LogP contribution in [0.3, 0.4) is 0 Å². The third-order valence-electron chi connectivity index (χ3n) is 2.32. The Morgan fingerprint density at radius 3 is 1.29 bits per heavy atom. The van der Waals surface area contributed by atoms with Gasteiger partial charge in [0.2, 0.25) is 0 Å². The topological polar surface area (TPSA) is 0 Å². The van der Waals surface area contributed by atoms with Crippen LogP contribution in [0.25, 0.3) is 0 Å². The average molecular weight is 442 g/mol. The minimum atomic E-state index is -1.57. The molecule has 0 heterocycles. The Kier molecular flexibility index (Phi) is 4.59. The van der Waals surface area contributed by atoms with Crippen molar-refractivity contribution in [3.8, 4) is 0 Å². The van der Waals surface area contributed by atoms with Gasteiger partial charge >= 0.3 is 108 Å². The van der Waals surface area contributed by atoms with Gasteiger partial charge in [0, 0.05) is 0 Å². The molecule has 1 aromatic rings. The Balaban J connectivity index is 3.31. The summed E-state index contributed by atoms with van der Waals surface area (Å²) in [5.74, 6) is 0. The molecule has 0 saturated carbocycles. The summed E-state index contributed by atoms with van der Waals surface area (Å²) < 4.78 is 3.56. The van der Waals surface area contributed by atoms with Gasteiger partial charge < -0.3 is 0 Å². The Bertz CT molecular complexity index is 287. The van der Waals surface area contributed by atoms with Crippen molar-refractivity contribution in [2.24, 2.45) is 0 Å². The van der Waals surface area contributed by atoms with Crippen LogP contribution in [0, 0.1) is 0 Å². The van der Waals surface area contributed by atoms with Crippen LogP contribution in [-0.2, 0) is 0 Å².